The van der Waals surface area contributed by atoms with Crippen LogP contribution in [0.1, 0.15) is 40.9 Å². The minimum absolute atomic E-state index is 0.0569. The summed E-state index contributed by atoms with van der Waals surface area (Å²) in [6.45, 7) is 1.44. The van der Waals surface area contributed by atoms with Gasteiger partial charge in [-0.05, 0) is 37.8 Å². The highest BCUT2D eigenvalue weighted by atomic mass is 16.5. The van der Waals surface area contributed by atoms with Gasteiger partial charge < -0.3 is 19.6 Å². The van der Waals surface area contributed by atoms with Crippen molar-refractivity contribution in [1.82, 2.24) is 29.9 Å². The predicted molar refractivity (Wildman–Crippen MR) is 123 cm³/mol. The lowest BCUT2D eigenvalue weighted by atomic mass is 9.86. The van der Waals surface area contributed by atoms with Crippen LogP contribution in [0.15, 0.2) is 49.0 Å². The maximum absolute atomic E-state index is 13.1. The zero-order chi connectivity index (χ0) is 22.2. The average molecular weight is 441 g/mol. The van der Waals surface area contributed by atoms with Gasteiger partial charge in [0, 0.05) is 23.2 Å². The first-order valence-electron chi connectivity index (χ1n) is 11.2. The van der Waals surface area contributed by atoms with E-state index in [1.807, 2.05) is 24.3 Å². The number of imidazole rings is 2. The first-order valence-corrected chi connectivity index (χ1v) is 11.2. The lowest BCUT2D eigenvalue weighted by Crippen LogP contribution is -2.35. The maximum atomic E-state index is 13.1. The van der Waals surface area contributed by atoms with Crippen LogP contribution in [-0.2, 0) is 6.42 Å². The van der Waals surface area contributed by atoms with Crippen LogP contribution in [0, 0.1) is 0 Å². The zero-order valence-corrected chi connectivity index (χ0v) is 18.0. The van der Waals surface area contributed by atoms with Crippen molar-refractivity contribution < 1.29 is 9.53 Å². The Morgan fingerprint density at radius 1 is 1.15 bits per heavy atom. The van der Waals surface area contributed by atoms with E-state index in [2.05, 4.69) is 34.8 Å². The average Bonchev–Trinajstić information content (AvgIpc) is 3.61. The molecular formula is C24H23N7O2. The molecule has 0 spiro atoms. The van der Waals surface area contributed by atoms with E-state index in [0.717, 1.165) is 65.3 Å². The van der Waals surface area contributed by atoms with Gasteiger partial charge in [-0.25, -0.2) is 19.9 Å². The molecule has 0 radical (unpaired) electrons. The number of ketones is 1. The fourth-order valence-electron chi connectivity index (χ4n) is 4.83. The van der Waals surface area contributed by atoms with E-state index in [4.69, 9.17) is 4.74 Å². The van der Waals surface area contributed by atoms with Gasteiger partial charge in [0.15, 0.2) is 17.2 Å². The Bertz CT molecular complexity index is 1340. The molecule has 1 aliphatic heterocycles. The number of fused-ring (bicyclic) bond motifs is 2. The molecule has 2 N–H and O–H groups in total. The van der Waals surface area contributed by atoms with Crippen molar-refractivity contribution in [2.75, 3.05) is 18.1 Å². The summed E-state index contributed by atoms with van der Waals surface area (Å²) in [6.07, 6.45) is 12.0. The molecule has 9 heteroatoms. The lowest BCUT2D eigenvalue weighted by molar-refractivity contribution is 0.102. The van der Waals surface area contributed by atoms with E-state index < -0.39 is 0 Å². The second kappa shape index (κ2) is 8.16. The van der Waals surface area contributed by atoms with Gasteiger partial charge in [0.2, 0.25) is 0 Å². The van der Waals surface area contributed by atoms with Crippen molar-refractivity contribution in [3.05, 3.63) is 65.8 Å². The van der Waals surface area contributed by atoms with Crippen LogP contribution in [0.25, 0.3) is 17.2 Å². The van der Waals surface area contributed by atoms with Crippen molar-refractivity contribution in [1.29, 1.82) is 0 Å². The molecule has 1 aliphatic carbocycles. The quantitative estimate of drug-likeness (QED) is 0.457. The van der Waals surface area contributed by atoms with Crippen molar-refractivity contribution >= 4 is 28.8 Å². The van der Waals surface area contributed by atoms with Crippen molar-refractivity contribution in [2.45, 2.75) is 31.7 Å². The molecule has 166 valence electrons. The number of Topliss-reactive ketones (excluding diaryl/α,β-unsaturated/α-hetero) is 1. The van der Waals surface area contributed by atoms with Crippen LogP contribution in [0.5, 0.6) is 5.75 Å². The Hall–Kier alpha value is -4.01. The zero-order valence-electron chi connectivity index (χ0n) is 18.0. The summed E-state index contributed by atoms with van der Waals surface area (Å²) >= 11 is 0. The maximum Gasteiger partial charge on any atom is 0.189 e. The van der Waals surface area contributed by atoms with E-state index in [1.54, 1.807) is 25.2 Å². The van der Waals surface area contributed by atoms with E-state index in [0.29, 0.717) is 18.7 Å². The molecule has 0 amide bonds. The van der Waals surface area contributed by atoms with Crippen LogP contribution >= 0.6 is 0 Å². The van der Waals surface area contributed by atoms with Crippen LogP contribution in [-0.4, -0.2) is 54.9 Å². The van der Waals surface area contributed by atoms with Crippen molar-refractivity contribution in [3.8, 4) is 5.75 Å². The summed E-state index contributed by atoms with van der Waals surface area (Å²) in [5, 5.41) is 0. The van der Waals surface area contributed by atoms with Gasteiger partial charge in [0.1, 0.15) is 24.2 Å². The fourth-order valence-corrected chi connectivity index (χ4v) is 4.83. The van der Waals surface area contributed by atoms with Crippen LogP contribution in [0.4, 0.5) is 5.82 Å². The molecule has 4 aromatic rings. The second-order valence-electron chi connectivity index (χ2n) is 8.39. The minimum Gasteiger partial charge on any atom is -0.491 e. The van der Waals surface area contributed by atoms with E-state index in [1.165, 1.54) is 0 Å². The molecule has 4 heterocycles. The topological polar surface area (TPSA) is 113 Å². The standard InChI is InChI=1S/C24H23N7O2/c32-22-15(9-16-10-25-12-26-16)6-7-18-19(22)4-1-5-20(18)33-11-17-3-2-8-31(17)24-21-23(28-13-27-21)29-14-30-24/h1,4-5,9-10,12-14,17H,2-3,6-8,11H2,(H,25,26)(H,27,28,29,30)/t17-/m1/s1. The molecule has 2 aliphatic rings. The first-order chi connectivity index (χ1) is 16.3. The third-order valence-electron chi connectivity index (χ3n) is 6.45. The van der Waals surface area contributed by atoms with Crippen LogP contribution in [0.2, 0.25) is 0 Å². The molecular weight excluding hydrogens is 418 g/mol. The van der Waals surface area contributed by atoms with Gasteiger partial charge >= 0.3 is 0 Å². The molecule has 1 fully saturated rings. The van der Waals surface area contributed by atoms with Crippen LogP contribution < -0.4 is 9.64 Å². The normalized spacial score (nSPS) is 19.4. The van der Waals surface area contributed by atoms with E-state index in [-0.39, 0.29) is 11.8 Å². The smallest absolute Gasteiger partial charge is 0.189 e. The van der Waals surface area contributed by atoms with Crippen molar-refractivity contribution in [3.63, 3.8) is 0 Å². The number of hydrogen-bond donors (Lipinski definition) is 2. The van der Waals surface area contributed by atoms with Gasteiger partial charge in [0.05, 0.1) is 30.6 Å². The highest BCUT2D eigenvalue weighted by Gasteiger charge is 2.30. The molecule has 0 bridgehead atoms. The number of hydrogen-bond acceptors (Lipinski definition) is 7. The number of rotatable bonds is 5. The highest BCUT2D eigenvalue weighted by molar-refractivity contribution is 6.13. The molecule has 1 saturated heterocycles. The number of carbonyl (C=O) groups is 1. The number of carbonyl (C=O) groups excluding carboxylic acids is 1. The molecule has 1 aromatic carbocycles. The molecule has 1 atom stereocenters. The number of aromatic nitrogens is 6. The Morgan fingerprint density at radius 2 is 2.12 bits per heavy atom. The molecule has 33 heavy (non-hydrogen) atoms. The number of nitrogens with one attached hydrogen (secondary N) is 2. The first kappa shape index (κ1) is 19.7. The highest BCUT2D eigenvalue weighted by Crippen LogP contribution is 2.34. The molecule has 9 nitrogen and oxygen atoms in total. The summed E-state index contributed by atoms with van der Waals surface area (Å²) in [5.74, 6) is 1.71. The van der Waals surface area contributed by atoms with Gasteiger partial charge in [0.25, 0.3) is 0 Å². The van der Waals surface area contributed by atoms with Crippen molar-refractivity contribution in [2.24, 2.45) is 0 Å². The van der Waals surface area contributed by atoms with Gasteiger partial charge in [-0.1, -0.05) is 12.1 Å². The largest absolute Gasteiger partial charge is 0.491 e. The summed E-state index contributed by atoms with van der Waals surface area (Å²) in [4.78, 5) is 38.6. The Morgan fingerprint density at radius 3 is 3.03 bits per heavy atom. The summed E-state index contributed by atoms with van der Waals surface area (Å²) in [6, 6.07) is 5.95. The Kier molecular flexibility index (Phi) is 4.86. The van der Waals surface area contributed by atoms with Gasteiger partial charge in [-0.3, -0.25) is 4.79 Å². The third kappa shape index (κ3) is 3.55. The monoisotopic (exact) mass is 441 g/mol. The summed E-state index contributed by atoms with van der Waals surface area (Å²) < 4.78 is 6.32. The van der Waals surface area contributed by atoms with Gasteiger partial charge in [-0.2, -0.15) is 0 Å². The fraction of sp³-hybridized carbons (Fsp3) is 0.292. The van der Waals surface area contributed by atoms with E-state index in [9.17, 15) is 4.79 Å². The van der Waals surface area contributed by atoms with E-state index >= 15 is 0 Å². The minimum atomic E-state index is 0.0569. The second-order valence-corrected chi connectivity index (χ2v) is 8.39. The summed E-state index contributed by atoms with van der Waals surface area (Å²) in [5.41, 5.74) is 4.87. The Labute approximate surface area is 190 Å². The van der Waals surface area contributed by atoms with Crippen LogP contribution in [0.3, 0.4) is 0 Å². The lowest BCUT2D eigenvalue weighted by Gasteiger charge is -2.27. The number of nitrogens with zero attached hydrogens (tertiary/aromatic N) is 5. The SMILES string of the molecule is O=C1C(=Cc2cnc[nH]2)CCc2c(OC[C@H]3CCCN3c3ncnc4nc[nH]c34)cccc21. The number of ether oxygens (including phenoxy) is 1. The number of benzene rings is 1. The van der Waals surface area contributed by atoms with Gasteiger partial charge in [-0.15, -0.1) is 0 Å². The predicted octanol–water partition coefficient (Wildman–Crippen LogP) is 3.34. The number of aromatic amines is 2. The molecule has 6 rings (SSSR count). The number of allylic oxidation sites excluding steroid dienone is 1. The third-order valence-corrected chi connectivity index (χ3v) is 6.45. The number of H-pyrrole nitrogens is 2. The summed E-state index contributed by atoms with van der Waals surface area (Å²) in [7, 11) is 0. The molecule has 0 saturated carbocycles. The number of anilines is 1. The molecule has 3 aromatic heterocycles. The Balaban J connectivity index is 1.22. The molecule has 0 unspecified atom stereocenters.